The summed E-state index contributed by atoms with van der Waals surface area (Å²) < 4.78 is 159. The van der Waals surface area contributed by atoms with Crippen LogP contribution in [0.4, 0.5) is 55.7 Å². The number of hydrogen-bond acceptors (Lipinski definition) is 4. The minimum Gasteiger partial charge on any atom is -0.454 e. The number of urea groups is 1. The molecule has 0 aliphatic carbocycles. The van der Waals surface area contributed by atoms with Gasteiger partial charge in [0, 0.05) is 5.69 Å². The Morgan fingerprint density at radius 1 is 0.727 bits per heavy atom. The molecule has 3 aromatic carbocycles. The van der Waals surface area contributed by atoms with Gasteiger partial charge in [-0.1, -0.05) is 26.8 Å². The molecule has 0 aliphatic heterocycles. The van der Waals surface area contributed by atoms with Crippen LogP contribution in [0.25, 0.3) is 0 Å². The zero-order valence-electron chi connectivity index (χ0n) is 22.8. The van der Waals surface area contributed by atoms with Gasteiger partial charge in [-0.25, -0.2) is 4.79 Å². The molecule has 0 radical (unpaired) electrons. The quantitative estimate of drug-likeness (QED) is 0.174. The summed E-state index contributed by atoms with van der Waals surface area (Å²) in [5, 5.41) is 3.57. The van der Waals surface area contributed by atoms with Crippen LogP contribution in [-0.4, -0.2) is 19.0 Å². The summed E-state index contributed by atoms with van der Waals surface area (Å²) in [4.78, 5) is 11.9. The Hall–Kier alpha value is -3.99. The molecule has 0 saturated heterocycles. The van der Waals surface area contributed by atoms with E-state index in [0.29, 0.717) is 30.2 Å². The number of anilines is 2. The summed E-state index contributed by atoms with van der Waals surface area (Å²) in [6.07, 6.45) is -14.9. The molecule has 0 fully saturated rings. The van der Waals surface area contributed by atoms with Gasteiger partial charge in [-0.3, -0.25) is 4.55 Å². The van der Waals surface area contributed by atoms with Crippen molar-refractivity contribution in [2.45, 2.75) is 56.0 Å². The average Bonchev–Trinajstić information content (AvgIpc) is 2.87. The Balaban J connectivity index is 2.06. The molecule has 0 unspecified atom stereocenters. The van der Waals surface area contributed by atoms with Crippen LogP contribution in [0.3, 0.4) is 0 Å². The summed E-state index contributed by atoms with van der Waals surface area (Å²) in [5.41, 5.74) is -6.82. The highest BCUT2D eigenvalue weighted by atomic mass is 32.2. The van der Waals surface area contributed by atoms with Crippen molar-refractivity contribution in [3.05, 3.63) is 76.9 Å². The van der Waals surface area contributed by atoms with Gasteiger partial charge in [0.15, 0.2) is 5.75 Å². The van der Waals surface area contributed by atoms with E-state index in [0.717, 1.165) is 12.1 Å². The van der Waals surface area contributed by atoms with E-state index in [1.807, 2.05) is 12.2 Å². The standard InChI is InChI=1S/C27H23F9N2O5S/c1-4-24(2,3)14-5-8-21(22(13-14)44(40,41)42)43-20-7-6-15(25(28,29)30)12-19(20)38-23(39)37-18-10-16(26(31,32)33)9-17(11-18)27(34,35)36/h5-13H,4H2,1-3H3,(H2,37,38,39)(H,40,41,42). The van der Waals surface area contributed by atoms with Gasteiger partial charge in [-0.05, 0) is 65.9 Å². The number of carbonyl (C=O) groups excluding carboxylic acids is 1. The lowest BCUT2D eigenvalue weighted by Crippen LogP contribution is -2.21. The molecule has 17 heteroatoms. The smallest absolute Gasteiger partial charge is 0.416 e. The van der Waals surface area contributed by atoms with Crippen LogP contribution < -0.4 is 15.4 Å². The fraction of sp³-hybridized carbons (Fsp3) is 0.296. The Morgan fingerprint density at radius 3 is 1.70 bits per heavy atom. The Morgan fingerprint density at radius 2 is 1.23 bits per heavy atom. The summed E-state index contributed by atoms with van der Waals surface area (Å²) >= 11 is 0. The third kappa shape index (κ3) is 8.34. The molecular formula is C27H23F9N2O5S. The lowest BCUT2D eigenvalue weighted by atomic mass is 9.82. The average molecular weight is 659 g/mol. The highest BCUT2D eigenvalue weighted by Crippen LogP contribution is 2.41. The van der Waals surface area contributed by atoms with E-state index in [2.05, 4.69) is 0 Å². The van der Waals surface area contributed by atoms with Crippen molar-refractivity contribution in [1.82, 2.24) is 0 Å². The first-order chi connectivity index (χ1) is 19.9. The molecule has 0 spiro atoms. The molecule has 3 rings (SSSR count). The predicted octanol–water partition coefficient (Wildman–Crippen LogP) is 9.11. The molecule has 0 atom stereocenters. The predicted molar refractivity (Wildman–Crippen MR) is 140 cm³/mol. The second-order valence-corrected chi connectivity index (χ2v) is 11.4. The number of alkyl halides is 9. The molecule has 240 valence electrons. The fourth-order valence-corrected chi connectivity index (χ4v) is 4.38. The number of rotatable bonds is 7. The number of benzene rings is 3. The van der Waals surface area contributed by atoms with E-state index in [9.17, 15) is 57.3 Å². The third-order valence-corrected chi connectivity index (χ3v) is 7.38. The topological polar surface area (TPSA) is 105 Å². The van der Waals surface area contributed by atoms with Crippen molar-refractivity contribution < 1.29 is 62.0 Å². The van der Waals surface area contributed by atoms with Crippen LogP contribution in [0.1, 0.15) is 49.4 Å². The van der Waals surface area contributed by atoms with Crippen LogP contribution in [-0.2, 0) is 34.1 Å². The zero-order valence-corrected chi connectivity index (χ0v) is 23.6. The van der Waals surface area contributed by atoms with E-state index in [-0.39, 0.29) is 18.2 Å². The molecular weight excluding hydrogens is 635 g/mol. The van der Waals surface area contributed by atoms with Crippen LogP contribution in [0.15, 0.2) is 59.5 Å². The van der Waals surface area contributed by atoms with Gasteiger partial charge in [0.1, 0.15) is 10.6 Å². The van der Waals surface area contributed by atoms with E-state index in [1.165, 1.54) is 6.07 Å². The number of amides is 2. The Bertz CT molecular complexity index is 1630. The van der Waals surface area contributed by atoms with E-state index in [4.69, 9.17) is 4.74 Å². The largest absolute Gasteiger partial charge is 0.454 e. The van der Waals surface area contributed by atoms with Gasteiger partial charge >= 0.3 is 24.6 Å². The maximum atomic E-state index is 13.4. The summed E-state index contributed by atoms with van der Waals surface area (Å²) in [6, 6.07) is 3.74. The van der Waals surface area contributed by atoms with Crippen LogP contribution in [0.2, 0.25) is 0 Å². The second kappa shape index (κ2) is 11.8. The van der Waals surface area contributed by atoms with Gasteiger partial charge in [0.05, 0.1) is 22.4 Å². The first kappa shape index (κ1) is 34.5. The normalized spacial score (nSPS) is 13.0. The highest BCUT2D eigenvalue weighted by molar-refractivity contribution is 7.86. The fourth-order valence-electron chi connectivity index (χ4n) is 3.74. The molecule has 3 aromatic rings. The first-order valence-electron chi connectivity index (χ1n) is 12.3. The second-order valence-electron chi connectivity index (χ2n) is 10.1. The van der Waals surface area contributed by atoms with Crippen molar-refractivity contribution in [2.24, 2.45) is 0 Å². The third-order valence-electron chi connectivity index (χ3n) is 6.51. The van der Waals surface area contributed by atoms with E-state index < -0.39 is 84.6 Å². The highest BCUT2D eigenvalue weighted by Gasteiger charge is 2.37. The van der Waals surface area contributed by atoms with E-state index in [1.54, 1.807) is 19.2 Å². The zero-order chi connectivity index (χ0) is 33.5. The number of hydrogen-bond donors (Lipinski definition) is 3. The number of ether oxygens (including phenoxy) is 1. The van der Waals surface area contributed by atoms with Crippen molar-refractivity contribution in [3.8, 4) is 11.5 Å². The Kier molecular flexibility index (Phi) is 9.28. The van der Waals surface area contributed by atoms with Gasteiger partial charge in [-0.2, -0.15) is 47.9 Å². The number of carbonyl (C=O) groups is 1. The van der Waals surface area contributed by atoms with Gasteiger partial charge in [-0.15, -0.1) is 0 Å². The number of halogens is 9. The number of nitrogens with one attached hydrogen (secondary N) is 2. The first-order valence-corrected chi connectivity index (χ1v) is 13.7. The minimum atomic E-state index is -5.25. The molecule has 44 heavy (non-hydrogen) atoms. The van der Waals surface area contributed by atoms with E-state index >= 15 is 0 Å². The van der Waals surface area contributed by atoms with Crippen LogP contribution >= 0.6 is 0 Å². The van der Waals surface area contributed by atoms with Crippen molar-refractivity contribution in [2.75, 3.05) is 10.6 Å². The monoisotopic (exact) mass is 658 g/mol. The van der Waals surface area contributed by atoms with Gasteiger partial charge in [0.25, 0.3) is 10.1 Å². The molecule has 3 N–H and O–H groups in total. The Labute approximate surface area is 244 Å². The van der Waals surface area contributed by atoms with Crippen molar-refractivity contribution in [3.63, 3.8) is 0 Å². The molecule has 0 bridgehead atoms. The molecule has 0 aromatic heterocycles. The van der Waals surface area contributed by atoms with Crippen molar-refractivity contribution in [1.29, 1.82) is 0 Å². The summed E-state index contributed by atoms with van der Waals surface area (Å²) in [6.45, 7) is 5.36. The van der Waals surface area contributed by atoms with Crippen LogP contribution in [0.5, 0.6) is 11.5 Å². The maximum Gasteiger partial charge on any atom is 0.416 e. The summed E-state index contributed by atoms with van der Waals surface area (Å²) in [5.74, 6) is -1.19. The molecule has 0 heterocycles. The molecule has 0 saturated carbocycles. The van der Waals surface area contributed by atoms with Gasteiger partial charge in [0.2, 0.25) is 0 Å². The van der Waals surface area contributed by atoms with Crippen molar-refractivity contribution >= 4 is 27.5 Å². The van der Waals surface area contributed by atoms with Gasteiger partial charge < -0.3 is 15.4 Å². The summed E-state index contributed by atoms with van der Waals surface area (Å²) in [7, 11) is -4.97. The SMILES string of the molecule is CCC(C)(C)c1ccc(Oc2ccc(C(F)(F)F)cc2NC(=O)Nc2cc(C(F)(F)F)cc(C(F)(F)F)c2)c(S(=O)(=O)O)c1. The molecule has 7 nitrogen and oxygen atoms in total. The minimum absolute atomic E-state index is 0.177. The molecule has 0 aliphatic rings. The lowest BCUT2D eigenvalue weighted by molar-refractivity contribution is -0.143. The maximum absolute atomic E-state index is 13.4. The molecule has 2 amide bonds. The van der Waals surface area contributed by atoms with Crippen LogP contribution in [0, 0.1) is 0 Å². The lowest BCUT2D eigenvalue weighted by Gasteiger charge is -2.24.